The summed E-state index contributed by atoms with van der Waals surface area (Å²) in [7, 11) is 0. The number of hydrogen-bond donors (Lipinski definition) is 1. The highest BCUT2D eigenvalue weighted by Crippen LogP contribution is 2.25. The second-order valence-electron chi connectivity index (χ2n) is 5.25. The Bertz CT molecular complexity index is 174. The van der Waals surface area contributed by atoms with Gasteiger partial charge in [-0.2, -0.15) is 0 Å². The van der Waals surface area contributed by atoms with E-state index in [2.05, 4.69) is 25.7 Å². The molecule has 1 aliphatic rings. The zero-order chi connectivity index (χ0) is 12.0. The lowest BCUT2D eigenvalue weighted by Crippen LogP contribution is -2.46. The smallest absolute Gasteiger partial charge is 0.00992 e. The van der Waals surface area contributed by atoms with Crippen molar-refractivity contribution in [3.8, 4) is 0 Å². The first-order valence-corrected chi connectivity index (χ1v) is 7.24. The predicted octanol–water partition coefficient (Wildman–Crippen LogP) is 3.16. The Morgan fingerprint density at radius 2 is 1.75 bits per heavy atom. The summed E-state index contributed by atoms with van der Waals surface area (Å²) in [6.45, 7) is 8.15. The molecule has 0 amide bonds. The van der Waals surface area contributed by atoms with Gasteiger partial charge in [0.2, 0.25) is 0 Å². The molecule has 2 heteroatoms. The van der Waals surface area contributed by atoms with Crippen LogP contribution in [0.1, 0.15) is 65.7 Å². The Morgan fingerprint density at radius 3 is 2.19 bits per heavy atom. The van der Waals surface area contributed by atoms with Crippen molar-refractivity contribution in [2.45, 2.75) is 83.8 Å². The summed E-state index contributed by atoms with van der Waals surface area (Å²) in [6.07, 6.45) is 9.04. The second-order valence-corrected chi connectivity index (χ2v) is 5.25. The summed E-state index contributed by atoms with van der Waals surface area (Å²) in [5, 5.41) is 0. The zero-order valence-corrected chi connectivity index (χ0v) is 11.4. The average molecular weight is 226 g/mol. The van der Waals surface area contributed by atoms with Crippen LogP contribution in [0, 0.1) is 0 Å². The molecule has 0 spiro atoms. The Morgan fingerprint density at radius 1 is 1.12 bits per heavy atom. The lowest BCUT2D eigenvalue weighted by atomic mass is 9.89. The highest BCUT2D eigenvalue weighted by molar-refractivity contribution is 4.84. The van der Waals surface area contributed by atoms with Gasteiger partial charge in [-0.1, -0.05) is 27.2 Å². The van der Waals surface area contributed by atoms with Gasteiger partial charge in [-0.15, -0.1) is 0 Å². The van der Waals surface area contributed by atoms with Crippen LogP contribution < -0.4 is 5.73 Å². The summed E-state index contributed by atoms with van der Waals surface area (Å²) in [6, 6.07) is 2.08. The molecule has 0 aromatic carbocycles. The summed E-state index contributed by atoms with van der Waals surface area (Å²) in [5.41, 5.74) is 5.99. The third kappa shape index (κ3) is 3.74. The van der Waals surface area contributed by atoms with Crippen molar-refractivity contribution in [1.29, 1.82) is 0 Å². The van der Waals surface area contributed by atoms with Gasteiger partial charge in [0, 0.05) is 18.1 Å². The van der Waals surface area contributed by atoms with Gasteiger partial charge in [0.05, 0.1) is 0 Å². The molecule has 0 aromatic heterocycles. The van der Waals surface area contributed by atoms with Gasteiger partial charge >= 0.3 is 0 Å². The maximum Gasteiger partial charge on any atom is 0.00992 e. The second kappa shape index (κ2) is 7.29. The third-order valence-corrected chi connectivity index (χ3v) is 4.14. The predicted molar refractivity (Wildman–Crippen MR) is 71.6 cm³/mol. The van der Waals surface area contributed by atoms with Crippen molar-refractivity contribution >= 4 is 0 Å². The van der Waals surface area contributed by atoms with Gasteiger partial charge in [0.15, 0.2) is 0 Å². The minimum absolute atomic E-state index is 0.473. The van der Waals surface area contributed by atoms with Crippen LogP contribution in [0.2, 0.25) is 0 Å². The first-order chi connectivity index (χ1) is 7.72. The highest BCUT2D eigenvalue weighted by Gasteiger charge is 2.26. The molecule has 0 radical (unpaired) electrons. The van der Waals surface area contributed by atoms with Crippen molar-refractivity contribution in [2.75, 3.05) is 6.54 Å². The van der Waals surface area contributed by atoms with Crippen LogP contribution in [0.3, 0.4) is 0 Å². The molecule has 0 bridgehead atoms. The Labute approximate surface area is 102 Å². The average Bonchev–Trinajstić information content (AvgIpc) is 2.31. The molecule has 96 valence electrons. The minimum Gasteiger partial charge on any atom is -0.328 e. The van der Waals surface area contributed by atoms with Crippen LogP contribution in [0.5, 0.6) is 0 Å². The van der Waals surface area contributed by atoms with Gasteiger partial charge in [0.1, 0.15) is 0 Å². The maximum atomic E-state index is 5.99. The number of nitrogens with two attached hydrogens (primary N) is 1. The Kier molecular flexibility index (Phi) is 6.37. The van der Waals surface area contributed by atoms with E-state index in [1.54, 1.807) is 0 Å². The summed E-state index contributed by atoms with van der Waals surface area (Å²) in [4.78, 5) is 2.75. The van der Waals surface area contributed by atoms with E-state index >= 15 is 0 Å². The molecule has 1 saturated carbocycles. The first-order valence-electron chi connectivity index (χ1n) is 7.24. The molecule has 1 aliphatic carbocycles. The van der Waals surface area contributed by atoms with Gasteiger partial charge in [0.25, 0.3) is 0 Å². The van der Waals surface area contributed by atoms with Gasteiger partial charge < -0.3 is 5.73 Å². The molecule has 0 aromatic rings. The Balaban J connectivity index is 2.51. The van der Waals surface area contributed by atoms with E-state index in [1.807, 2.05) is 0 Å². The van der Waals surface area contributed by atoms with Crippen molar-refractivity contribution in [3.05, 3.63) is 0 Å². The van der Waals surface area contributed by atoms with Crippen LogP contribution in [0.25, 0.3) is 0 Å². The van der Waals surface area contributed by atoms with Gasteiger partial charge in [-0.25, -0.2) is 0 Å². The van der Waals surface area contributed by atoms with E-state index in [0.29, 0.717) is 6.04 Å². The zero-order valence-electron chi connectivity index (χ0n) is 11.4. The largest absolute Gasteiger partial charge is 0.328 e. The van der Waals surface area contributed by atoms with Crippen LogP contribution >= 0.6 is 0 Å². The van der Waals surface area contributed by atoms with E-state index in [4.69, 9.17) is 5.73 Å². The van der Waals surface area contributed by atoms with Crippen molar-refractivity contribution in [3.63, 3.8) is 0 Å². The monoisotopic (exact) mass is 226 g/mol. The maximum absolute atomic E-state index is 5.99. The number of rotatable bonds is 6. The number of nitrogens with zero attached hydrogens (tertiary/aromatic N) is 1. The molecule has 0 saturated heterocycles. The normalized spacial score (nSPS) is 28.3. The van der Waals surface area contributed by atoms with Crippen molar-refractivity contribution in [2.24, 2.45) is 5.73 Å². The van der Waals surface area contributed by atoms with E-state index in [9.17, 15) is 0 Å². The van der Waals surface area contributed by atoms with E-state index in [0.717, 1.165) is 12.1 Å². The third-order valence-electron chi connectivity index (χ3n) is 4.14. The van der Waals surface area contributed by atoms with E-state index < -0.39 is 0 Å². The summed E-state index contributed by atoms with van der Waals surface area (Å²) in [5.74, 6) is 0. The fourth-order valence-electron chi connectivity index (χ4n) is 3.19. The molecule has 2 N–H and O–H groups in total. The molecule has 0 aliphatic heterocycles. The van der Waals surface area contributed by atoms with Gasteiger partial charge in [-0.3, -0.25) is 4.90 Å². The lowest BCUT2D eigenvalue weighted by molar-refractivity contribution is 0.0973. The summed E-state index contributed by atoms with van der Waals surface area (Å²) >= 11 is 0. The molecule has 1 rings (SSSR count). The van der Waals surface area contributed by atoms with Crippen molar-refractivity contribution in [1.82, 2.24) is 4.90 Å². The van der Waals surface area contributed by atoms with Crippen LogP contribution in [0.4, 0.5) is 0 Å². The lowest BCUT2D eigenvalue weighted by Gasteiger charge is -2.40. The fraction of sp³-hybridized carbons (Fsp3) is 1.00. The van der Waals surface area contributed by atoms with E-state index in [1.165, 1.54) is 51.5 Å². The van der Waals surface area contributed by atoms with Crippen LogP contribution in [0.15, 0.2) is 0 Å². The van der Waals surface area contributed by atoms with Crippen LogP contribution in [-0.4, -0.2) is 29.6 Å². The quantitative estimate of drug-likeness (QED) is 0.754. The first kappa shape index (κ1) is 14.0. The standard InChI is InChI=1S/C14H30N2/c1-4-7-13(5-2)16(6-3)14-10-8-12(15)9-11-14/h12-14H,4-11,15H2,1-3H3. The molecule has 0 heterocycles. The highest BCUT2D eigenvalue weighted by atomic mass is 15.2. The minimum atomic E-state index is 0.473. The molecule has 1 unspecified atom stereocenters. The molecule has 16 heavy (non-hydrogen) atoms. The molecular formula is C14H30N2. The molecule has 1 atom stereocenters. The molecular weight excluding hydrogens is 196 g/mol. The van der Waals surface area contributed by atoms with Crippen molar-refractivity contribution < 1.29 is 0 Å². The van der Waals surface area contributed by atoms with E-state index in [-0.39, 0.29) is 0 Å². The molecule has 2 nitrogen and oxygen atoms in total. The van der Waals surface area contributed by atoms with Crippen LogP contribution in [-0.2, 0) is 0 Å². The number of hydrogen-bond acceptors (Lipinski definition) is 2. The Hall–Kier alpha value is -0.0800. The molecule has 1 fully saturated rings. The SMILES string of the molecule is CCCC(CC)N(CC)C1CCC(N)CC1. The topological polar surface area (TPSA) is 29.3 Å². The fourth-order valence-corrected chi connectivity index (χ4v) is 3.19. The van der Waals surface area contributed by atoms with Gasteiger partial charge in [-0.05, 0) is 45.1 Å². The summed E-state index contributed by atoms with van der Waals surface area (Å²) < 4.78 is 0.